The maximum atomic E-state index is 11.9. The second kappa shape index (κ2) is 9.28. The highest BCUT2D eigenvalue weighted by Gasteiger charge is 2.07. The normalized spacial score (nSPS) is 10.4. The number of halogens is 1. The second-order valence-electron chi connectivity index (χ2n) is 5.67. The molecule has 0 saturated heterocycles. The number of aryl methyl sites for hydroxylation is 1. The summed E-state index contributed by atoms with van der Waals surface area (Å²) in [5.74, 6) is 1.42. The van der Waals surface area contributed by atoms with Crippen molar-refractivity contribution in [2.45, 2.75) is 27.3 Å². The van der Waals surface area contributed by atoms with E-state index in [1.165, 1.54) is 0 Å². The minimum atomic E-state index is -0.179. The minimum absolute atomic E-state index is 0.0343. The first-order valence-electron chi connectivity index (χ1n) is 8.39. The molecule has 0 fully saturated rings. The summed E-state index contributed by atoms with van der Waals surface area (Å²) in [6.07, 6.45) is 1.79. The van der Waals surface area contributed by atoms with Crippen molar-refractivity contribution in [2.24, 2.45) is 0 Å². The minimum Gasteiger partial charge on any atom is -0.484 e. The predicted molar refractivity (Wildman–Crippen MR) is 101 cm³/mol. The van der Waals surface area contributed by atoms with E-state index in [1.807, 2.05) is 19.1 Å². The number of anilines is 1. The SMILES string of the molecule is CCN(CC)c1ccc(CNC(=O)COc2ccc(Cl)cc2C)cn1. The van der Waals surface area contributed by atoms with E-state index in [0.717, 1.165) is 30.0 Å². The number of nitrogens with one attached hydrogen (secondary N) is 1. The molecular formula is C19H24ClN3O2. The molecule has 1 aromatic carbocycles. The number of carbonyl (C=O) groups excluding carboxylic acids is 1. The average Bonchev–Trinajstić information content (AvgIpc) is 2.61. The van der Waals surface area contributed by atoms with Crippen LogP contribution in [-0.4, -0.2) is 30.6 Å². The van der Waals surface area contributed by atoms with E-state index >= 15 is 0 Å². The van der Waals surface area contributed by atoms with Gasteiger partial charge in [0.1, 0.15) is 11.6 Å². The molecule has 0 atom stereocenters. The van der Waals surface area contributed by atoms with Gasteiger partial charge in [-0.15, -0.1) is 0 Å². The number of benzene rings is 1. The van der Waals surface area contributed by atoms with Gasteiger partial charge in [-0.05, 0) is 56.2 Å². The van der Waals surface area contributed by atoms with Crippen LogP contribution in [0.25, 0.3) is 0 Å². The fourth-order valence-electron chi connectivity index (χ4n) is 2.43. The van der Waals surface area contributed by atoms with E-state index in [4.69, 9.17) is 16.3 Å². The van der Waals surface area contributed by atoms with Crippen LogP contribution >= 0.6 is 11.6 Å². The van der Waals surface area contributed by atoms with Gasteiger partial charge in [0.2, 0.25) is 0 Å². The first-order chi connectivity index (χ1) is 12.0. The quantitative estimate of drug-likeness (QED) is 0.780. The lowest BCUT2D eigenvalue weighted by molar-refractivity contribution is -0.123. The zero-order valence-corrected chi connectivity index (χ0v) is 15.6. The third kappa shape index (κ3) is 5.64. The Kier molecular flexibility index (Phi) is 7.07. The molecule has 0 unspecified atom stereocenters. The van der Waals surface area contributed by atoms with Gasteiger partial charge in [-0.1, -0.05) is 17.7 Å². The number of ether oxygens (including phenoxy) is 1. The zero-order chi connectivity index (χ0) is 18.2. The molecule has 5 nitrogen and oxygen atoms in total. The standard InChI is InChI=1S/C19H24ClN3O2/c1-4-23(5-2)18-9-6-15(11-21-18)12-22-19(24)13-25-17-8-7-16(20)10-14(17)3/h6-11H,4-5,12-13H2,1-3H3,(H,22,24). The maximum absolute atomic E-state index is 11.9. The molecule has 0 aliphatic heterocycles. The molecule has 25 heavy (non-hydrogen) atoms. The molecule has 0 aliphatic rings. The highest BCUT2D eigenvalue weighted by atomic mass is 35.5. The van der Waals surface area contributed by atoms with Crippen molar-refractivity contribution in [3.05, 3.63) is 52.7 Å². The van der Waals surface area contributed by atoms with Gasteiger partial charge in [0, 0.05) is 30.9 Å². The van der Waals surface area contributed by atoms with E-state index in [2.05, 4.69) is 29.0 Å². The summed E-state index contributed by atoms with van der Waals surface area (Å²) in [5.41, 5.74) is 1.85. The van der Waals surface area contributed by atoms with Crippen LogP contribution in [0, 0.1) is 6.92 Å². The van der Waals surface area contributed by atoms with Crippen LogP contribution in [0.3, 0.4) is 0 Å². The van der Waals surface area contributed by atoms with Crippen molar-refractivity contribution in [1.82, 2.24) is 10.3 Å². The summed E-state index contributed by atoms with van der Waals surface area (Å²) in [4.78, 5) is 18.6. The van der Waals surface area contributed by atoms with Crippen LogP contribution < -0.4 is 15.0 Å². The number of rotatable bonds is 8. The van der Waals surface area contributed by atoms with Crippen molar-refractivity contribution in [2.75, 3.05) is 24.6 Å². The fraction of sp³-hybridized carbons (Fsp3) is 0.368. The third-order valence-corrected chi connectivity index (χ3v) is 4.12. The van der Waals surface area contributed by atoms with Crippen LogP contribution in [0.1, 0.15) is 25.0 Å². The molecular weight excluding hydrogens is 338 g/mol. The monoisotopic (exact) mass is 361 g/mol. The summed E-state index contributed by atoms with van der Waals surface area (Å²) in [6, 6.07) is 9.26. The first kappa shape index (κ1) is 19.1. The molecule has 2 aromatic rings. The Labute approximate surface area is 154 Å². The van der Waals surface area contributed by atoms with Gasteiger partial charge >= 0.3 is 0 Å². The predicted octanol–water partition coefficient (Wildman–Crippen LogP) is 3.58. The largest absolute Gasteiger partial charge is 0.484 e. The number of hydrogen-bond donors (Lipinski definition) is 1. The number of hydrogen-bond acceptors (Lipinski definition) is 4. The summed E-state index contributed by atoms with van der Waals surface area (Å²) < 4.78 is 5.53. The van der Waals surface area contributed by atoms with Crippen LogP contribution in [0.5, 0.6) is 5.75 Å². The van der Waals surface area contributed by atoms with E-state index in [-0.39, 0.29) is 12.5 Å². The third-order valence-electron chi connectivity index (χ3n) is 3.88. The Morgan fingerprint density at radius 3 is 2.60 bits per heavy atom. The Morgan fingerprint density at radius 1 is 1.24 bits per heavy atom. The molecule has 2 rings (SSSR count). The van der Waals surface area contributed by atoms with Gasteiger partial charge in [0.05, 0.1) is 0 Å². The van der Waals surface area contributed by atoms with E-state index in [0.29, 0.717) is 17.3 Å². The number of aromatic nitrogens is 1. The van der Waals surface area contributed by atoms with Crippen molar-refractivity contribution >= 4 is 23.3 Å². The van der Waals surface area contributed by atoms with Crippen molar-refractivity contribution < 1.29 is 9.53 Å². The van der Waals surface area contributed by atoms with Gasteiger partial charge < -0.3 is 15.0 Å². The van der Waals surface area contributed by atoms with Crippen LogP contribution in [0.15, 0.2) is 36.5 Å². The lowest BCUT2D eigenvalue weighted by Gasteiger charge is -2.19. The van der Waals surface area contributed by atoms with Gasteiger partial charge in [-0.25, -0.2) is 4.98 Å². The molecule has 134 valence electrons. The fourth-order valence-corrected chi connectivity index (χ4v) is 2.65. The average molecular weight is 362 g/mol. The smallest absolute Gasteiger partial charge is 0.258 e. The second-order valence-corrected chi connectivity index (χ2v) is 6.11. The van der Waals surface area contributed by atoms with Crippen LogP contribution in [0.4, 0.5) is 5.82 Å². The maximum Gasteiger partial charge on any atom is 0.258 e. The van der Waals surface area contributed by atoms with E-state index in [1.54, 1.807) is 24.4 Å². The zero-order valence-electron chi connectivity index (χ0n) is 14.9. The number of nitrogens with zero attached hydrogens (tertiary/aromatic N) is 2. The molecule has 6 heteroatoms. The van der Waals surface area contributed by atoms with Gasteiger partial charge in [0.25, 0.3) is 5.91 Å². The van der Waals surface area contributed by atoms with Crippen molar-refractivity contribution in [3.63, 3.8) is 0 Å². The summed E-state index contributed by atoms with van der Waals surface area (Å²) in [6.45, 7) is 8.31. The van der Waals surface area contributed by atoms with Crippen LogP contribution in [0.2, 0.25) is 5.02 Å². The first-order valence-corrected chi connectivity index (χ1v) is 8.76. The number of carbonyl (C=O) groups is 1. The Bertz CT molecular complexity index is 700. The molecule has 1 amide bonds. The summed E-state index contributed by atoms with van der Waals surface area (Å²) in [7, 11) is 0. The molecule has 1 heterocycles. The van der Waals surface area contributed by atoms with Crippen molar-refractivity contribution in [1.29, 1.82) is 0 Å². The van der Waals surface area contributed by atoms with E-state index in [9.17, 15) is 4.79 Å². The number of pyridine rings is 1. The van der Waals surface area contributed by atoms with Crippen molar-refractivity contribution in [3.8, 4) is 5.75 Å². The Morgan fingerprint density at radius 2 is 2.00 bits per heavy atom. The molecule has 0 aliphatic carbocycles. The molecule has 0 bridgehead atoms. The van der Waals surface area contributed by atoms with Gasteiger partial charge in [-0.3, -0.25) is 4.79 Å². The molecule has 1 aromatic heterocycles. The lowest BCUT2D eigenvalue weighted by Crippen LogP contribution is -2.28. The highest BCUT2D eigenvalue weighted by Crippen LogP contribution is 2.21. The van der Waals surface area contributed by atoms with Gasteiger partial charge in [0.15, 0.2) is 6.61 Å². The van der Waals surface area contributed by atoms with Crippen LogP contribution in [-0.2, 0) is 11.3 Å². The lowest BCUT2D eigenvalue weighted by atomic mass is 10.2. The van der Waals surface area contributed by atoms with Gasteiger partial charge in [-0.2, -0.15) is 0 Å². The molecule has 0 saturated carbocycles. The Hall–Kier alpha value is -2.27. The van der Waals surface area contributed by atoms with E-state index < -0.39 is 0 Å². The number of amides is 1. The summed E-state index contributed by atoms with van der Waals surface area (Å²) in [5, 5.41) is 3.48. The molecule has 0 radical (unpaired) electrons. The molecule has 1 N–H and O–H groups in total. The summed E-state index contributed by atoms with van der Waals surface area (Å²) >= 11 is 5.90. The molecule has 0 spiro atoms. The Balaban J connectivity index is 1.81. The topological polar surface area (TPSA) is 54.5 Å². The highest BCUT2D eigenvalue weighted by molar-refractivity contribution is 6.30.